The zero-order valence-corrected chi connectivity index (χ0v) is 10.4. The molecule has 1 N–H and O–H groups in total. The molecule has 1 aromatic carbocycles. The third-order valence-electron chi connectivity index (χ3n) is 1.75. The molecule has 6 heteroatoms. The Morgan fingerprint density at radius 3 is 2.73 bits per heavy atom. The maximum absolute atomic E-state index is 11.3. The van der Waals surface area contributed by atoms with Crippen LogP contribution >= 0.6 is 15.9 Å². The third kappa shape index (κ3) is 3.22. The maximum Gasteiger partial charge on any atom is 0.232 e. The van der Waals surface area contributed by atoms with Crippen molar-refractivity contribution in [1.82, 2.24) is 0 Å². The number of benzene rings is 1. The zero-order valence-electron chi connectivity index (χ0n) is 7.99. The highest BCUT2D eigenvalue weighted by Crippen LogP contribution is 2.21. The summed E-state index contributed by atoms with van der Waals surface area (Å²) in [5.74, 6) is -0.0234. The van der Waals surface area contributed by atoms with Gasteiger partial charge in [-0.15, -0.1) is 0 Å². The van der Waals surface area contributed by atoms with Crippen LogP contribution in [0.1, 0.15) is 12.5 Å². The zero-order chi connectivity index (χ0) is 11.5. The van der Waals surface area contributed by atoms with Crippen LogP contribution in [-0.4, -0.2) is 14.2 Å². The summed E-state index contributed by atoms with van der Waals surface area (Å²) >= 11 is 3.21. The van der Waals surface area contributed by atoms with Gasteiger partial charge < -0.3 is 0 Å². The second-order valence-electron chi connectivity index (χ2n) is 2.81. The fraction of sp³-hybridized carbons (Fsp3) is 0.222. The van der Waals surface area contributed by atoms with Crippen molar-refractivity contribution in [3.8, 4) is 6.07 Å². The van der Waals surface area contributed by atoms with Crippen molar-refractivity contribution in [3.05, 3.63) is 28.2 Å². The smallest absolute Gasteiger partial charge is 0.232 e. The summed E-state index contributed by atoms with van der Waals surface area (Å²) in [5, 5.41) is 8.78. The monoisotopic (exact) mass is 288 g/mol. The van der Waals surface area contributed by atoms with Gasteiger partial charge in [-0.2, -0.15) is 5.26 Å². The predicted molar refractivity (Wildman–Crippen MR) is 61.9 cm³/mol. The van der Waals surface area contributed by atoms with Gasteiger partial charge in [0.1, 0.15) is 6.07 Å². The molecule has 0 aliphatic carbocycles. The van der Waals surface area contributed by atoms with Gasteiger partial charge in [0.2, 0.25) is 10.0 Å². The van der Waals surface area contributed by atoms with Gasteiger partial charge in [-0.25, -0.2) is 8.42 Å². The van der Waals surface area contributed by atoms with Gasteiger partial charge >= 0.3 is 0 Å². The number of nitrogens with one attached hydrogen (secondary N) is 1. The first-order valence-electron chi connectivity index (χ1n) is 4.18. The minimum Gasteiger partial charge on any atom is -0.282 e. The van der Waals surface area contributed by atoms with E-state index < -0.39 is 10.0 Å². The van der Waals surface area contributed by atoms with E-state index in [-0.39, 0.29) is 5.75 Å². The summed E-state index contributed by atoms with van der Waals surface area (Å²) < 4.78 is 25.7. The summed E-state index contributed by atoms with van der Waals surface area (Å²) in [7, 11) is -3.34. The van der Waals surface area contributed by atoms with E-state index in [4.69, 9.17) is 5.26 Å². The van der Waals surface area contributed by atoms with E-state index in [1.54, 1.807) is 18.2 Å². The second kappa shape index (κ2) is 4.64. The first-order chi connectivity index (χ1) is 6.98. The van der Waals surface area contributed by atoms with E-state index in [1.165, 1.54) is 6.92 Å². The highest BCUT2D eigenvalue weighted by Gasteiger charge is 2.10. The summed E-state index contributed by atoms with van der Waals surface area (Å²) in [4.78, 5) is 0. The number of nitriles is 1. The van der Waals surface area contributed by atoms with Gasteiger partial charge in [-0.3, -0.25) is 4.72 Å². The van der Waals surface area contributed by atoms with Crippen LogP contribution in [0.15, 0.2) is 22.7 Å². The lowest BCUT2D eigenvalue weighted by atomic mass is 10.2. The molecule has 0 saturated heterocycles. The summed E-state index contributed by atoms with van der Waals surface area (Å²) in [6.45, 7) is 1.53. The largest absolute Gasteiger partial charge is 0.282 e. The SMILES string of the molecule is CCS(=O)(=O)Nc1cc(Br)ccc1C#N. The molecule has 0 aliphatic rings. The summed E-state index contributed by atoms with van der Waals surface area (Å²) in [6, 6.07) is 6.72. The fourth-order valence-corrected chi connectivity index (χ4v) is 1.95. The van der Waals surface area contributed by atoms with Crippen LogP contribution in [0, 0.1) is 11.3 Å². The molecule has 1 rings (SSSR count). The Hall–Kier alpha value is -1.06. The molecular formula is C9H9BrN2O2S. The standard InChI is InChI=1S/C9H9BrN2O2S/c1-2-15(13,14)12-9-5-8(10)4-3-7(9)6-11/h3-5,12H,2H2,1H3. The number of hydrogen-bond donors (Lipinski definition) is 1. The van der Waals surface area contributed by atoms with E-state index in [2.05, 4.69) is 20.7 Å². The first-order valence-corrected chi connectivity index (χ1v) is 6.63. The second-order valence-corrected chi connectivity index (χ2v) is 5.73. The molecule has 0 spiro atoms. The van der Waals surface area contributed by atoms with Crippen molar-refractivity contribution < 1.29 is 8.42 Å². The van der Waals surface area contributed by atoms with E-state index in [0.29, 0.717) is 11.3 Å². The molecule has 1 aromatic rings. The Kier molecular flexibility index (Phi) is 3.72. The number of halogens is 1. The molecule has 15 heavy (non-hydrogen) atoms. The molecule has 0 radical (unpaired) electrons. The van der Waals surface area contributed by atoms with Gasteiger partial charge in [0.15, 0.2) is 0 Å². The molecule has 0 heterocycles. The normalized spacial score (nSPS) is 10.7. The quantitative estimate of drug-likeness (QED) is 0.926. The Balaban J connectivity index is 3.15. The predicted octanol–water partition coefficient (Wildman–Crippen LogP) is 2.08. The van der Waals surface area contributed by atoms with Gasteiger partial charge in [0, 0.05) is 4.47 Å². The van der Waals surface area contributed by atoms with Crippen LogP contribution < -0.4 is 4.72 Å². The van der Waals surface area contributed by atoms with E-state index in [0.717, 1.165) is 4.47 Å². The van der Waals surface area contributed by atoms with Crippen molar-refractivity contribution in [2.24, 2.45) is 0 Å². The number of sulfonamides is 1. The molecule has 0 bridgehead atoms. The molecular weight excluding hydrogens is 280 g/mol. The average molecular weight is 289 g/mol. The Morgan fingerprint density at radius 1 is 1.53 bits per heavy atom. The number of nitrogens with zero attached hydrogens (tertiary/aromatic N) is 1. The highest BCUT2D eigenvalue weighted by molar-refractivity contribution is 9.10. The van der Waals surface area contributed by atoms with Crippen LogP contribution in [0.2, 0.25) is 0 Å². The lowest BCUT2D eigenvalue weighted by Gasteiger charge is -2.07. The molecule has 0 saturated carbocycles. The molecule has 0 aliphatic heterocycles. The molecule has 0 fully saturated rings. The fourth-order valence-electron chi connectivity index (χ4n) is 0.938. The van der Waals surface area contributed by atoms with Gasteiger partial charge in [-0.05, 0) is 25.1 Å². The molecule has 0 unspecified atom stereocenters. The Morgan fingerprint density at radius 2 is 2.20 bits per heavy atom. The molecule has 0 aromatic heterocycles. The van der Waals surface area contributed by atoms with Crippen LogP contribution in [0.3, 0.4) is 0 Å². The minimum atomic E-state index is -3.34. The van der Waals surface area contributed by atoms with Crippen molar-refractivity contribution in [1.29, 1.82) is 5.26 Å². The van der Waals surface area contributed by atoms with Crippen molar-refractivity contribution in [2.75, 3.05) is 10.5 Å². The number of hydrogen-bond acceptors (Lipinski definition) is 3. The van der Waals surface area contributed by atoms with Crippen molar-refractivity contribution in [3.63, 3.8) is 0 Å². The Bertz CT molecular complexity index is 505. The average Bonchev–Trinajstić information content (AvgIpc) is 2.18. The lowest BCUT2D eigenvalue weighted by Crippen LogP contribution is -2.15. The van der Waals surface area contributed by atoms with Gasteiger partial charge in [-0.1, -0.05) is 15.9 Å². The minimum absolute atomic E-state index is 0.0234. The summed E-state index contributed by atoms with van der Waals surface area (Å²) in [5.41, 5.74) is 0.601. The van der Waals surface area contributed by atoms with E-state index in [1.807, 2.05) is 6.07 Å². The van der Waals surface area contributed by atoms with E-state index in [9.17, 15) is 8.42 Å². The first kappa shape index (κ1) is 12.0. The molecule has 0 amide bonds. The van der Waals surface area contributed by atoms with Gasteiger partial charge in [0.05, 0.1) is 17.0 Å². The van der Waals surface area contributed by atoms with Crippen LogP contribution in [-0.2, 0) is 10.0 Å². The number of anilines is 1. The van der Waals surface area contributed by atoms with Crippen LogP contribution in [0.4, 0.5) is 5.69 Å². The Labute approximate surface area is 97.1 Å². The van der Waals surface area contributed by atoms with E-state index >= 15 is 0 Å². The highest BCUT2D eigenvalue weighted by atomic mass is 79.9. The number of rotatable bonds is 3. The van der Waals surface area contributed by atoms with Crippen molar-refractivity contribution >= 4 is 31.6 Å². The molecule has 4 nitrogen and oxygen atoms in total. The topological polar surface area (TPSA) is 70.0 Å². The maximum atomic E-state index is 11.3. The van der Waals surface area contributed by atoms with Crippen LogP contribution in [0.25, 0.3) is 0 Å². The third-order valence-corrected chi connectivity index (χ3v) is 3.53. The molecule has 0 atom stereocenters. The van der Waals surface area contributed by atoms with Gasteiger partial charge in [0.25, 0.3) is 0 Å². The lowest BCUT2D eigenvalue weighted by molar-refractivity contribution is 0.602. The van der Waals surface area contributed by atoms with Crippen LogP contribution in [0.5, 0.6) is 0 Å². The summed E-state index contributed by atoms with van der Waals surface area (Å²) in [6.07, 6.45) is 0. The molecule has 80 valence electrons. The van der Waals surface area contributed by atoms with Crippen molar-refractivity contribution in [2.45, 2.75) is 6.92 Å².